The predicted molar refractivity (Wildman–Crippen MR) is 70.8 cm³/mol. The summed E-state index contributed by atoms with van der Waals surface area (Å²) in [4.78, 5) is 22.1. The molecule has 6 nitrogen and oxygen atoms in total. The van der Waals surface area contributed by atoms with E-state index in [0.29, 0.717) is 12.3 Å². The Hall–Kier alpha value is -1.54. The molecule has 0 saturated carbocycles. The maximum atomic E-state index is 11.1. The van der Waals surface area contributed by atoms with Crippen LogP contribution >= 0.6 is 0 Å². The third-order valence-corrected chi connectivity index (χ3v) is 5.57. The standard InChI is InChI=1S/C12H17NO5Si/c1-16-19(17-2,18-3)8-9-4-5-11(12(13)15)10(6-9)7-14/h4-7H,8H2,1-3H3,(H2,13,15). The summed E-state index contributed by atoms with van der Waals surface area (Å²) in [7, 11) is 1.76. The van der Waals surface area contributed by atoms with Crippen molar-refractivity contribution >= 4 is 21.0 Å². The summed E-state index contributed by atoms with van der Waals surface area (Å²) in [5.41, 5.74) is 6.40. The van der Waals surface area contributed by atoms with E-state index in [4.69, 9.17) is 19.0 Å². The topological polar surface area (TPSA) is 87.9 Å². The Morgan fingerprint density at radius 3 is 2.26 bits per heavy atom. The van der Waals surface area contributed by atoms with Gasteiger partial charge in [0, 0.05) is 38.5 Å². The fourth-order valence-electron chi connectivity index (χ4n) is 1.76. The lowest BCUT2D eigenvalue weighted by atomic mass is 10.1. The number of nitrogens with two attached hydrogens (primary N) is 1. The van der Waals surface area contributed by atoms with E-state index in [2.05, 4.69) is 0 Å². The van der Waals surface area contributed by atoms with Gasteiger partial charge in [-0.05, 0) is 17.7 Å². The molecule has 1 amide bonds. The molecule has 1 aromatic carbocycles. The lowest BCUT2D eigenvalue weighted by Crippen LogP contribution is -2.45. The predicted octanol–water partition coefficient (Wildman–Crippen LogP) is 0.558. The highest BCUT2D eigenvalue weighted by Crippen LogP contribution is 2.17. The number of hydrogen-bond donors (Lipinski definition) is 1. The van der Waals surface area contributed by atoms with Crippen LogP contribution < -0.4 is 5.73 Å². The molecule has 7 heteroatoms. The second-order valence-corrected chi connectivity index (χ2v) is 6.82. The van der Waals surface area contributed by atoms with E-state index in [0.717, 1.165) is 5.56 Å². The van der Waals surface area contributed by atoms with Gasteiger partial charge in [-0.15, -0.1) is 0 Å². The van der Waals surface area contributed by atoms with Crippen molar-refractivity contribution in [3.05, 3.63) is 34.9 Å². The van der Waals surface area contributed by atoms with Crippen molar-refractivity contribution in [3.63, 3.8) is 0 Å². The van der Waals surface area contributed by atoms with Gasteiger partial charge in [0.25, 0.3) is 0 Å². The van der Waals surface area contributed by atoms with Gasteiger partial charge in [-0.1, -0.05) is 6.07 Å². The van der Waals surface area contributed by atoms with Crippen LogP contribution in [0, 0.1) is 0 Å². The molecule has 0 fully saturated rings. The molecule has 0 heterocycles. The molecule has 19 heavy (non-hydrogen) atoms. The zero-order valence-electron chi connectivity index (χ0n) is 11.1. The van der Waals surface area contributed by atoms with Crippen LogP contribution in [0.3, 0.4) is 0 Å². The first-order chi connectivity index (χ1) is 9.01. The third-order valence-electron chi connectivity index (χ3n) is 2.86. The first kappa shape index (κ1) is 15.5. The molecule has 0 saturated heterocycles. The number of aldehydes is 1. The minimum Gasteiger partial charge on any atom is -0.377 e. The Bertz CT molecular complexity index is 465. The van der Waals surface area contributed by atoms with E-state index in [1.54, 1.807) is 12.1 Å². The summed E-state index contributed by atoms with van der Waals surface area (Å²) < 4.78 is 15.9. The molecule has 0 bridgehead atoms. The first-order valence-corrected chi connectivity index (χ1v) is 7.48. The number of primary amides is 1. The Morgan fingerprint density at radius 1 is 1.26 bits per heavy atom. The number of carbonyl (C=O) groups is 2. The fraction of sp³-hybridized carbons (Fsp3) is 0.333. The van der Waals surface area contributed by atoms with Crippen LogP contribution in [0.15, 0.2) is 18.2 Å². The molecular weight excluding hydrogens is 266 g/mol. The van der Waals surface area contributed by atoms with Crippen molar-refractivity contribution in [2.75, 3.05) is 21.3 Å². The molecule has 1 aromatic rings. The van der Waals surface area contributed by atoms with Crippen LogP contribution in [0.1, 0.15) is 26.3 Å². The lowest BCUT2D eigenvalue weighted by molar-refractivity contribution is 0.0993. The van der Waals surface area contributed by atoms with E-state index in [1.807, 2.05) is 0 Å². The highest BCUT2D eigenvalue weighted by atomic mass is 28.4. The summed E-state index contributed by atoms with van der Waals surface area (Å²) >= 11 is 0. The van der Waals surface area contributed by atoms with E-state index >= 15 is 0 Å². The lowest BCUT2D eigenvalue weighted by Gasteiger charge is -2.24. The average molecular weight is 283 g/mol. The molecular formula is C12H17NO5Si. The summed E-state index contributed by atoms with van der Waals surface area (Å²) in [6.45, 7) is 0. The van der Waals surface area contributed by atoms with Gasteiger partial charge >= 0.3 is 8.80 Å². The SMILES string of the molecule is CO[Si](Cc1ccc(C(N)=O)c(C=O)c1)(OC)OC. The van der Waals surface area contributed by atoms with Crippen LogP contribution in [0.4, 0.5) is 0 Å². The van der Waals surface area contributed by atoms with E-state index in [9.17, 15) is 9.59 Å². The minimum atomic E-state index is -2.77. The van der Waals surface area contributed by atoms with Crippen LogP contribution in [0.5, 0.6) is 0 Å². The van der Waals surface area contributed by atoms with Crippen molar-refractivity contribution < 1.29 is 22.9 Å². The minimum absolute atomic E-state index is 0.193. The maximum Gasteiger partial charge on any atom is 0.504 e. The molecule has 104 valence electrons. The van der Waals surface area contributed by atoms with Crippen molar-refractivity contribution in [2.24, 2.45) is 5.73 Å². The summed E-state index contributed by atoms with van der Waals surface area (Å²) in [5, 5.41) is 0. The van der Waals surface area contributed by atoms with Gasteiger partial charge in [-0.3, -0.25) is 9.59 Å². The van der Waals surface area contributed by atoms with Crippen LogP contribution in [0.25, 0.3) is 0 Å². The first-order valence-electron chi connectivity index (χ1n) is 5.55. The van der Waals surface area contributed by atoms with Crippen molar-refractivity contribution in [1.82, 2.24) is 0 Å². The van der Waals surface area contributed by atoms with E-state index in [1.165, 1.54) is 27.4 Å². The second-order valence-electron chi connectivity index (χ2n) is 3.88. The van der Waals surface area contributed by atoms with Crippen LogP contribution in [-0.2, 0) is 19.3 Å². The van der Waals surface area contributed by atoms with Gasteiger partial charge in [-0.2, -0.15) is 0 Å². The van der Waals surface area contributed by atoms with Gasteiger partial charge in [0.1, 0.15) is 0 Å². The molecule has 0 aliphatic rings. The zero-order valence-corrected chi connectivity index (χ0v) is 12.1. The Morgan fingerprint density at radius 2 is 1.84 bits per heavy atom. The molecule has 0 radical (unpaired) electrons. The van der Waals surface area contributed by atoms with Gasteiger partial charge in [0.05, 0.1) is 0 Å². The maximum absolute atomic E-state index is 11.1. The summed E-state index contributed by atoms with van der Waals surface area (Å²) in [5.74, 6) is -0.637. The van der Waals surface area contributed by atoms with Crippen molar-refractivity contribution in [3.8, 4) is 0 Å². The molecule has 0 unspecified atom stereocenters. The average Bonchev–Trinajstić information content (AvgIpc) is 2.44. The van der Waals surface area contributed by atoms with Crippen molar-refractivity contribution in [1.29, 1.82) is 0 Å². The molecule has 1 rings (SSSR count). The Balaban J connectivity index is 3.09. The molecule has 0 aliphatic carbocycles. The number of rotatable bonds is 7. The Kier molecular flexibility index (Phi) is 5.37. The van der Waals surface area contributed by atoms with Gasteiger partial charge in [-0.25, -0.2) is 0 Å². The molecule has 0 aromatic heterocycles. The number of benzene rings is 1. The molecule has 0 aliphatic heterocycles. The number of amides is 1. The quantitative estimate of drug-likeness (QED) is 0.583. The Labute approximate surface area is 112 Å². The number of hydrogen-bond acceptors (Lipinski definition) is 5. The van der Waals surface area contributed by atoms with Crippen LogP contribution in [0.2, 0.25) is 0 Å². The highest BCUT2D eigenvalue weighted by molar-refractivity contribution is 6.60. The molecule has 2 N–H and O–H groups in total. The van der Waals surface area contributed by atoms with Gasteiger partial charge < -0.3 is 19.0 Å². The third kappa shape index (κ3) is 3.48. The van der Waals surface area contributed by atoms with E-state index in [-0.39, 0.29) is 11.1 Å². The van der Waals surface area contributed by atoms with Crippen LogP contribution in [-0.4, -0.2) is 42.3 Å². The van der Waals surface area contributed by atoms with Gasteiger partial charge in [0.15, 0.2) is 6.29 Å². The van der Waals surface area contributed by atoms with Crippen molar-refractivity contribution in [2.45, 2.75) is 6.04 Å². The van der Waals surface area contributed by atoms with E-state index < -0.39 is 14.7 Å². The normalized spacial score (nSPS) is 11.3. The largest absolute Gasteiger partial charge is 0.504 e. The zero-order chi connectivity index (χ0) is 14.5. The smallest absolute Gasteiger partial charge is 0.377 e. The fourth-order valence-corrected chi connectivity index (χ4v) is 3.41. The molecule has 0 atom stereocenters. The van der Waals surface area contributed by atoms with Gasteiger partial charge in [0.2, 0.25) is 5.91 Å². The highest BCUT2D eigenvalue weighted by Gasteiger charge is 2.38. The summed E-state index contributed by atoms with van der Waals surface area (Å²) in [6.07, 6.45) is 0.596. The summed E-state index contributed by atoms with van der Waals surface area (Å²) in [6, 6.07) is 5.20. The second kappa shape index (κ2) is 6.57. The number of carbonyl (C=O) groups excluding carboxylic acids is 2. The monoisotopic (exact) mass is 283 g/mol. The molecule has 0 spiro atoms.